The van der Waals surface area contributed by atoms with E-state index >= 15 is 0 Å². The van der Waals surface area contributed by atoms with Gasteiger partial charge in [0.25, 0.3) is 0 Å². The van der Waals surface area contributed by atoms with E-state index in [1.165, 1.54) is 0 Å². The van der Waals surface area contributed by atoms with Gasteiger partial charge in [-0.3, -0.25) is 4.21 Å². The molecule has 0 rings (SSSR count). The number of hydrogen-bond acceptors (Lipinski definition) is 1. The minimum atomic E-state index is -5.50. The second-order valence-electron chi connectivity index (χ2n) is 4.21. The quantitative estimate of drug-likeness (QED) is 0.458. The standard InChI is InChI=1S/C11H19F5OS/c1-2-3-4-5-8-18(17)9-6-7-10(12,13)11(14,15)16/h2-9H2,1H3. The highest BCUT2D eigenvalue weighted by atomic mass is 32.2. The molecule has 0 aromatic rings. The highest BCUT2D eigenvalue weighted by molar-refractivity contribution is 7.84. The Kier molecular flexibility index (Phi) is 7.98. The maximum absolute atomic E-state index is 12.5. The SMILES string of the molecule is CCCCCCS(=O)CCCC(F)(F)C(F)(F)F. The highest BCUT2D eigenvalue weighted by Crippen LogP contribution is 2.38. The van der Waals surface area contributed by atoms with Crippen molar-refractivity contribution in [2.24, 2.45) is 0 Å². The Bertz CT molecular complexity index is 252. The van der Waals surface area contributed by atoms with Gasteiger partial charge < -0.3 is 0 Å². The molecule has 0 aromatic carbocycles. The van der Waals surface area contributed by atoms with E-state index in [0.717, 1.165) is 25.7 Å². The number of rotatable bonds is 9. The van der Waals surface area contributed by atoms with Crippen molar-refractivity contribution in [3.8, 4) is 0 Å². The van der Waals surface area contributed by atoms with Crippen LogP contribution in [-0.2, 0) is 10.8 Å². The van der Waals surface area contributed by atoms with Crippen LogP contribution in [0.1, 0.15) is 45.4 Å². The van der Waals surface area contributed by atoms with Crippen LogP contribution in [0.5, 0.6) is 0 Å². The zero-order chi connectivity index (χ0) is 14.2. The Morgan fingerprint density at radius 2 is 1.44 bits per heavy atom. The second kappa shape index (κ2) is 8.07. The van der Waals surface area contributed by atoms with Gasteiger partial charge in [0.05, 0.1) is 0 Å². The molecule has 0 heterocycles. The van der Waals surface area contributed by atoms with Crippen molar-refractivity contribution in [1.29, 1.82) is 0 Å². The van der Waals surface area contributed by atoms with E-state index in [1.54, 1.807) is 0 Å². The lowest BCUT2D eigenvalue weighted by molar-refractivity contribution is -0.284. The zero-order valence-electron chi connectivity index (χ0n) is 10.4. The first kappa shape index (κ1) is 17.8. The number of alkyl halides is 5. The van der Waals surface area contributed by atoms with Crippen LogP contribution in [-0.4, -0.2) is 27.8 Å². The summed E-state index contributed by atoms with van der Waals surface area (Å²) < 4.78 is 71.8. The molecular formula is C11H19F5OS. The fourth-order valence-electron chi connectivity index (χ4n) is 1.39. The summed E-state index contributed by atoms with van der Waals surface area (Å²) in [6, 6.07) is 0. The van der Waals surface area contributed by atoms with Crippen molar-refractivity contribution in [3.05, 3.63) is 0 Å². The van der Waals surface area contributed by atoms with Gasteiger partial charge in [0.2, 0.25) is 0 Å². The Morgan fingerprint density at radius 1 is 0.889 bits per heavy atom. The van der Waals surface area contributed by atoms with Gasteiger partial charge in [0, 0.05) is 28.7 Å². The molecule has 0 fully saturated rings. The van der Waals surface area contributed by atoms with Crippen molar-refractivity contribution in [3.63, 3.8) is 0 Å². The summed E-state index contributed by atoms with van der Waals surface area (Å²) in [7, 11) is -1.29. The van der Waals surface area contributed by atoms with Crippen molar-refractivity contribution >= 4 is 10.8 Å². The van der Waals surface area contributed by atoms with Crippen LogP contribution >= 0.6 is 0 Å². The molecule has 1 atom stereocenters. The number of unbranched alkanes of at least 4 members (excludes halogenated alkanes) is 3. The summed E-state index contributed by atoms with van der Waals surface area (Å²) in [5.74, 6) is -4.37. The van der Waals surface area contributed by atoms with Gasteiger partial charge in [-0.2, -0.15) is 22.0 Å². The summed E-state index contributed by atoms with van der Waals surface area (Å²) in [6.07, 6.45) is -3.45. The fraction of sp³-hybridized carbons (Fsp3) is 1.00. The molecule has 0 saturated heterocycles. The molecule has 1 unspecified atom stereocenters. The average Bonchev–Trinajstić information content (AvgIpc) is 2.22. The zero-order valence-corrected chi connectivity index (χ0v) is 11.2. The third-order valence-corrected chi connectivity index (χ3v) is 3.99. The van der Waals surface area contributed by atoms with Gasteiger partial charge in [-0.15, -0.1) is 0 Å². The summed E-state index contributed by atoms with van der Waals surface area (Å²) in [4.78, 5) is 0. The Labute approximate surface area is 107 Å². The molecule has 0 aromatic heterocycles. The lowest BCUT2D eigenvalue weighted by Crippen LogP contribution is -2.36. The molecule has 7 heteroatoms. The first-order chi connectivity index (χ1) is 8.20. The third-order valence-electron chi connectivity index (χ3n) is 2.50. The van der Waals surface area contributed by atoms with Crippen LogP contribution in [0, 0.1) is 0 Å². The van der Waals surface area contributed by atoms with Gasteiger partial charge in [-0.25, -0.2) is 0 Å². The normalized spacial score (nSPS) is 14.8. The maximum Gasteiger partial charge on any atom is 0.453 e. The molecule has 0 N–H and O–H groups in total. The third kappa shape index (κ3) is 7.28. The summed E-state index contributed by atoms with van der Waals surface area (Å²) in [6.45, 7) is 2.02. The number of hydrogen-bond donors (Lipinski definition) is 0. The second-order valence-corrected chi connectivity index (χ2v) is 5.91. The first-order valence-electron chi connectivity index (χ1n) is 6.00. The van der Waals surface area contributed by atoms with E-state index in [-0.39, 0.29) is 12.2 Å². The molecule has 0 aliphatic heterocycles. The summed E-state index contributed by atoms with van der Waals surface area (Å²) in [5.41, 5.74) is 0. The molecular weight excluding hydrogens is 275 g/mol. The van der Waals surface area contributed by atoms with Gasteiger partial charge in [-0.05, 0) is 12.8 Å². The van der Waals surface area contributed by atoms with Crippen LogP contribution in [0.15, 0.2) is 0 Å². The molecule has 0 spiro atoms. The molecule has 0 bridgehead atoms. The molecule has 0 aliphatic carbocycles. The predicted octanol–water partition coefficient (Wildman–Crippen LogP) is 4.29. The van der Waals surface area contributed by atoms with Crippen LogP contribution in [0.25, 0.3) is 0 Å². The largest absolute Gasteiger partial charge is 0.453 e. The molecule has 18 heavy (non-hydrogen) atoms. The molecule has 110 valence electrons. The lowest BCUT2D eigenvalue weighted by Gasteiger charge is -2.19. The summed E-state index contributed by atoms with van der Waals surface area (Å²) >= 11 is 0. The van der Waals surface area contributed by atoms with Crippen molar-refractivity contribution < 1.29 is 26.2 Å². The van der Waals surface area contributed by atoms with E-state index in [1.807, 2.05) is 6.92 Å². The molecule has 0 aliphatic rings. The van der Waals surface area contributed by atoms with Crippen molar-refractivity contribution in [2.45, 2.75) is 57.5 Å². The van der Waals surface area contributed by atoms with Gasteiger partial charge in [-0.1, -0.05) is 26.2 Å². The van der Waals surface area contributed by atoms with Crippen LogP contribution < -0.4 is 0 Å². The molecule has 0 amide bonds. The smallest absolute Gasteiger partial charge is 0.260 e. The predicted molar refractivity (Wildman–Crippen MR) is 62.3 cm³/mol. The van der Waals surface area contributed by atoms with E-state index in [4.69, 9.17) is 0 Å². The molecule has 1 nitrogen and oxygen atoms in total. The Hall–Kier alpha value is -0.200. The Balaban J connectivity index is 3.75. The van der Waals surface area contributed by atoms with E-state index in [9.17, 15) is 26.2 Å². The van der Waals surface area contributed by atoms with Crippen LogP contribution in [0.2, 0.25) is 0 Å². The summed E-state index contributed by atoms with van der Waals surface area (Å²) in [5, 5.41) is 0. The minimum Gasteiger partial charge on any atom is -0.260 e. The van der Waals surface area contributed by atoms with Gasteiger partial charge >= 0.3 is 12.1 Å². The Morgan fingerprint density at radius 3 is 1.94 bits per heavy atom. The highest BCUT2D eigenvalue weighted by Gasteiger charge is 2.56. The maximum atomic E-state index is 12.5. The van der Waals surface area contributed by atoms with E-state index < -0.39 is 29.3 Å². The lowest BCUT2D eigenvalue weighted by atomic mass is 10.2. The van der Waals surface area contributed by atoms with Gasteiger partial charge in [0.15, 0.2) is 0 Å². The molecule has 0 radical (unpaired) electrons. The molecule has 0 saturated carbocycles. The monoisotopic (exact) mass is 294 g/mol. The average molecular weight is 294 g/mol. The van der Waals surface area contributed by atoms with E-state index in [0.29, 0.717) is 5.75 Å². The fourth-order valence-corrected chi connectivity index (χ4v) is 2.59. The van der Waals surface area contributed by atoms with Crippen LogP contribution in [0.4, 0.5) is 22.0 Å². The first-order valence-corrected chi connectivity index (χ1v) is 7.49. The number of halogens is 5. The van der Waals surface area contributed by atoms with Gasteiger partial charge in [0.1, 0.15) is 0 Å². The van der Waals surface area contributed by atoms with Crippen LogP contribution in [0.3, 0.4) is 0 Å². The van der Waals surface area contributed by atoms with E-state index in [2.05, 4.69) is 0 Å². The van der Waals surface area contributed by atoms with Crippen molar-refractivity contribution in [1.82, 2.24) is 0 Å². The minimum absolute atomic E-state index is 0.0855. The topological polar surface area (TPSA) is 17.1 Å². The van der Waals surface area contributed by atoms with Crippen molar-refractivity contribution in [2.75, 3.05) is 11.5 Å².